The first-order valence-corrected chi connectivity index (χ1v) is 11.6. The Kier molecular flexibility index (Phi) is 6.12. The SMILES string of the molecule is CCc1nc(CC(=O)N2CCC[C@H](S(=O)(=O)NC3CCCC3)C2)cs1. The van der Waals surface area contributed by atoms with Crippen LogP contribution in [0.25, 0.3) is 0 Å². The molecule has 1 aromatic heterocycles. The summed E-state index contributed by atoms with van der Waals surface area (Å²) < 4.78 is 28.2. The highest BCUT2D eigenvalue weighted by molar-refractivity contribution is 7.90. The van der Waals surface area contributed by atoms with E-state index in [0.29, 0.717) is 19.5 Å². The molecule has 2 heterocycles. The summed E-state index contributed by atoms with van der Waals surface area (Å²) in [6.07, 6.45) is 6.54. The lowest BCUT2D eigenvalue weighted by Gasteiger charge is -2.33. The van der Waals surface area contributed by atoms with E-state index in [1.165, 1.54) is 0 Å². The van der Waals surface area contributed by atoms with Crippen molar-refractivity contribution >= 4 is 27.3 Å². The molecule has 2 fully saturated rings. The molecule has 3 rings (SSSR count). The minimum Gasteiger partial charge on any atom is -0.341 e. The van der Waals surface area contributed by atoms with Crippen LogP contribution in [0.1, 0.15) is 56.2 Å². The molecule has 0 aromatic carbocycles. The molecule has 140 valence electrons. The lowest BCUT2D eigenvalue weighted by atomic mass is 10.1. The molecule has 2 aliphatic rings. The van der Waals surface area contributed by atoms with Gasteiger partial charge in [0.05, 0.1) is 22.4 Å². The van der Waals surface area contributed by atoms with E-state index in [9.17, 15) is 13.2 Å². The van der Waals surface area contributed by atoms with E-state index in [0.717, 1.165) is 49.2 Å². The predicted molar refractivity (Wildman–Crippen MR) is 99.1 cm³/mol. The molecule has 1 saturated carbocycles. The monoisotopic (exact) mass is 385 g/mol. The molecule has 0 unspecified atom stereocenters. The second-order valence-corrected chi connectivity index (χ2v) is 9.95. The molecule has 1 aliphatic carbocycles. The molecule has 1 amide bonds. The summed E-state index contributed by atoms with van der Waals surface area (Å²) in [5, 5.41) is 2.46. The third-order valence-electron chi connectivity index (χ3n) is 5.09. The van der Waals surface area contributed by atoms with E-state index >= 15 is 0 Å². The summed E-state index contributed by atoms with van der Waals surface area (Å²) in [4.78, 5) is 18.7. The first kappa shape index (κ1) is 18.8. The largest absolute Gasteiger partial charge is 0.341 e. The van der Waals surface area contributed by atoms with E-state index in [-0.39, 0.29) is 18.4 Å². The second kappa shape index (κ2) is 8.14. The van der Waals surface area contributed by atoms with Crippen molar-refractivity contribution in [2.75, 3.05) is 13.1 Å². The molecule has 6 nitrogen and oxygen atoms in total. The van der Waals surface area contributed by atoms with E-state index in [4.69, 9.17) is 0 Å². The molecular weight excluding hydrogens is 358 g/mol. The van der Waals surface area contributed by atoms with Crippen molar-refractivity contribution in [3.05, 3.63) is 16.1 Å². The number of sulfonamides is 1. The lowest BCUT2D eigenvalue weighted by Crippen LogP contribution is -2.50. The quantitative estimate of drug-likeness (QED) is 0.813. The lowest BCUT2D eigenvalue weighted by molar-refractivity contribution is -0.131. The van der Waals surface area contributed by atoms with Crippen LogP contribution < -0.4 is 4.72 Å². The molecule has 8 heteroatoms. The maximum Gasteiger partial charge on any atom is 0.228 e. The van der Waals surface area contributed by atoms with Gasteiger partial charge in [-0.05, 0) is 32.1 Å². The number of rotatable bonds is 6. The average molecular weight is 386 g/mol. The third-order valence-corrected chi connectivity index (χ3v) is 8.06. The van der Waals surface area contributed by atoms with Crippen LogP contribution in [0.4, 0.5) is 0 Å². The van der Waals surface area contributed by atoms with Gasteiger partial charge in [0.1, 0.15) is 0 Å². The first-order chi connectivity index (χ1) is 12.0. The third kappa shape index (κ3) is 4.80. The van der Waals surface area contributed by atoms with Gasteiger partial charge in [-0.3, -0.25) is 4.79 Å². The van der Waals surface area contributed by atoms with Gasteiger partial charge in [0.25, 0.3) is 0 Å². The van der Waals surface area contributed by atoms with Crippen LogP contribution in [0, 0.1) is 0 Å². The number of nitrogens with zero attached hydrogens (tertiary/aromatic N) is 2. The molecule has 1 atom stereocenters. The van der Waals surface area contributed by atoms with Crippen LogP contribution >= 0.6 is 11.3 Å². The Balaban J connectivity index is 1.58. The van der Waals surface area contributed by atoms with Crippen LogP contribution in [0.15, 0.2) is 5.38 Å². The highest BCUT2D eigenvalue weighted by Gasteiger charge is 2.34. The van der Waals surface area contributed by atoms with E-state index in [1.54, 1.807) is 16.2 Å². The van der Waals surface area contributed by atoms with Gasteiger partial charge in [0.2, 0.25) is 15.9 Å². The van der Waals surface area contributed by atoms with Crippen molar-refractivity contribution in [1.29, 1.82) is 0 Å². The number of carbonyl (C=O) groups excluding carboxylic acids is 1. The number of aromatic nitrogens is 1. The smallest absolute Gasteiger partial charge is 0.228 e. The molecule has 25 heavy (non-hydrogen) atoms. The fourth-order valence-corrected chi connectivity index (χ4v) is 6.14. The number of carbonyl (C=O) groups is 1. The Bertz CT molecular complexity index is 696. The zero-order valence-electron chi connectivity index (χ0n) is 14.7. The minimum atomic E-state index is -3.36. The zero-order valence-corrected chi connectivity index (χ0v) is 16.4. The molecule has 1 aromatic rings. The van der Waals surface area contributed by atoms with E-state index < -0.39 is 15.3 Å². The number of hydrogen-bond donors (Lipinski definition) is 1. The van der Waals surface area contributed by atoms with Gasteiger partial charge in [-0.15, -0.1) is 11.3 Å². The Morgan fingerprint density at radius 3 is 2.76 bits per heavy atom. The maximum absolute atomic E-state index is 12.7. The Morgan fingerprint density at radius 2 is 2.08 bits per heavy atom. The summed E-state index contributed by atoms with van der Waals surface area (Å²) >= 11 is 1.57. The fraction of sp³-hybridized carbons (Fsp3) is 0.765. The molecule has 0 spiro atoms. The van der Waals surface area contributed by atoms with E-state index in [1.807, 2.05) is 12.3 Å². The number of nitrogens with one attached hydrogen (secondary N) is 1. The molecular formula is C17H27N3O3S2. The number of aryl methyl sites for hydroxylation is 1. The number of amides is 1. The van der Waals surface area contributed by atoms with E-state index in [2.05, 4.69) is 9.71 Å². The molecule has 1 aliphatic heterocycles. The van der Waals surface area contributed by atoms with Crippen molar-refractivity contribution in [3.8, 4) is 0 Å². The van der Waals surface area contributed by atoms with Gasteiger partial charge in [0.15, 0.2) is 0 Å². The summed E-state index contributed by atoms with van der Waals surface area (Å²) in [5.41, 5.74) is 0.793. The highest BCUT2D eigenvalue weighted by Crippen LogP contribution is 2.22. The average Bonchev–Trinajstić information content (AvgIpc) is 3.26. The van der Waals surface area contributed by atoms with Crippen molar-refractivity contribution in [1.82, 2.24) is 14.6 Å². The van der Waals surface area contributed by atoms with Gasteiger partial charge >= 0.3 is 0 Å². The van der Waals surface area contributed by atoms with Gasteiger partial charge in [0, 0.05) is 24.5 Å². The highest BCUT2D eigenvalue weighted by atomic mass is 32.2. The number of piperidine rings is 1. The standard InChI is InChI=1S/C17H27N3O3S2/c1-2-16-18-14(12-24-16)10-17(21)20-9-5-8-15(11-20)25(22,23)19-13-6-3-4-7-13/h12-13,15,19H,2-11H2,1H3/t15-/m0/s1. The summed E-state index contributed by atoms with van der Waals surface area (Å²) in [6, 6.07) is 0.0820. The number of likely N-dealkylation sites (tertiary alicyclic amines) is 1. The summed E-state index contributed by atoms with van der Waals surface area (Å²) in [6.45, 7) is 2.98. The number of thiazole rings is 1. The Hall–Kier alpha value is -0.990. The minimum absolute atomic E-state index is 0.0197. The Morgan fingerprint density at radius 1 is 1.32 bits per heavy atom. The topological polar surface area (TPSA) is 79.4 Å². The molecule has 1 saturated heterocycles. The number of hydrogen-bond acceptors (Lipinski definition) is 5. The van der Waals surface area contributed by atoms with Crippen LogP contribution in [-0.2, 0) is 27.7 Å². The Labute approximate surface area is 154 Å². The van der Waals surface area contributed by atoms with Gasteiger partial charge in [-0.25, -0.2) is 18.1 Å². The summed E-state index contributed by atoms with van der Waals surface area (Å²) in [5.74, 6) is -0.0197. The maximum atomic E-state index is 12.7. The fourth-order valence-electron chi connectivity index (χ4n) is 3.65. The van der Waals surface area contributed by atoms with Crippen LogP contribution in [-0.4, -0.2) is 48.6 Å². The van der Waals surface area contributed by atoms with Crippen molar-refractivity contribution < 1.29 is 13.2 Å². The molecule has 0 bridgehead atoms. The van der Waals surface area contributed by atoms with Gasteiger partial charge in [-0.2, -0.15) is 0 Å². The van der Waals surface area contributed by atoms with Crippen molar-refractivity contribution in [3.63, 3.8) is 0 Å². The van der Waals surface area contributed by atoms with Crippen LogP contribution in [0.3, 0.4) is 0 Å². The summed E-state index contributed by atoms with van der Waals surface area (Å²) in [7, 11) is -3.36. The van der Waals surface area contributed by atoms with Gasteiger partial charge in [-0.1, -0.05) is 19.8 Å². The molecule has 0 radical (unpaired) electrons. The van der Waals surface area contributed by atoms with Crippen molar-refractivity contribution in [2.24, 2.45) is 0 Å². The first-order valence-electron chi connectivity index (χ1n) is 9.20. The molecule has 1 N–H and O–H groups in total. The normalized spacial score (nSPS) is 22.4. The van der Waals surface area contributed by atoms with Crippen LogP contribution in [0.2, 0.25) is 0 Å². The zero-order chi connectivity index (χ0) is 17.9. The predicted octanol–water partition coefficient (Wildman–Crippen LogP) is 2.10. The van der Waals surface area contributed by atoms with Gasteiger partial charge < -0.3 is 4.90 Å². The van der Waals surface area contributed by atoms with Crippen molar-refractivity contribution in [2.45, 2.75) is 69.6 Å². The second-order valence-electron chi connectivity index (χ2n) is 7.01. The van der Waals surface area contributed by atoms with Crippen LogP contribution in [0.5, 0.6) is 0 Å².